The maximum Gasteiger partial charge on any atom is 0.303 e. The van der Waals surface area contributed by atoms with Crippen LogP contribution in [0.15, 0.2) is 0 Å². The highest BCUT2D eigenvalue weighted by Crippen LogP contribution is 2.34. The zero-order valence-electron chi connectivity index (χ0n) is 8.75. The quantitative estimate of drug-likeness (QED) is 0.724. The summed E-state index contributed by atoms with van der Waals surface area (Å²) in [7, 11) is 0. The highest BCUT2D eigenvalue weighted by Gasteiger charge is 2.32. The molecule has 4 nitrogen and oxygen atoms in total. The predicted octanol–water partition coefficient (Wildman–Crippen LogP) is 1.11. The summed E-state index contributed by atoms with van der Waals surface area (Å²) in [6, 6.07) is 0. The Bertz CT molecular complexity index is 242. The largest absolute Gasteiger partial charge is 0.481 e. The van der Waals surface area contributed by atoms with Crippen LogP contribution in [0.3, 0.4) is 0 Å². The van der Waals surface area contributed by atoms with Gasteiger partial charge in [0.05, 0.1) is 6.42 Å². The Balaban J connectivity index is 2.48. The lowest BCUT2D eigenvalue weighted by Gasteiger charge is -2.38. The van der Waals surface area contributed by atoms with Crippen LogP contribution in [0.4, 0.5) is 0 Å². The second kappa shape index (κ2) is 3.98. The minimum Gasteiger partial charge on any atom is -0.481 e. The smallest absolute Gasteiger partial charge is 0.303 e. The van der Waals surface area contributed by atoms with Crippen molar-refractivity contribution < 1.29 is 14.7 Å². The van der Waals surface area contributed by atoms with E-state index in [9.17, 15) is 9.59 Å². The number of hydrogen-bond acceptors (Lipinski definition) is 2. The Labute approximate surface area is 83.9 Å². The van der Waals surface area contributed by atoms with Crippen LogP contribution in [-0.2, 0) is 9.59 Å². The van der Waals surface area contributed by atoms with Gasteiger partial charge in [-0.1, -0.05) is 6.92 Å². The maximum atomic E-state index is 11.0. The minimum atomic E-state index is -0.747. The molecule has 0 unspecified atom stereocenters. The van der Waals surface area contributed by atoms with Crippen molar-refractivity contribution in [3.05, 3.63) is 0 Å². The van der Waals surface area contributed by atoms with E-state index in [-0.39, 0.29) is 17.7 Å². The first-order chi connectivity index (χ1) is 6.43. The van der Waals surface area contributed by atoms with Crippen LogP contribution >= 0.6 is 0 Å². The molecule has 0 atom stereocenters. The third-order valence-corrected chi connectivity index (χ3v) is 2.99. The third kappa shape index (κ3) is 2.72. The summed E-state index contributed by atoms with van der Waals surface area (Å²) in [5, 5.41) is 8.73. The zero-order valence-corrected chi connectivity index (χ0v) is 8.75. The van der Waals surface area contributed by atoms with Crippen LogP contribution in [0, 0.1) is 5.41 Å². The van der Waals surface area contributed by atoms with Crippen molar-refractivity contribution in [2.45, 2.75) is 33.1 Å². The molecule has 0 spiro atoms. The number of carbonyl (C=O) groups excluding carboxylic acids is 1. The molecule has 1 heterocycles. The van der Waals surface area contributed by atoms with E-state index in [0.717, 1.165) is 12.8 Å². The van der Waals surface area contributed by atoms with E-state index in [1.54, 1.807) is 11.8 Å². The number of hydrogen-bond donors (Lipinski definition) is 1. The highest BCUT2D eigenvalue weighted by molar-refractivity contribution is 5.73. The predicted molar refractivity (Wildman–Crippen MR) is 51.8 cm³/mol. The minimum absolute atomic E-state index is 0.0855. The first-order valence-corrected chi connectivity index (χ1v) is 4.90. The van der Waals surface area contributed by atoms with Gasteiger partial charge in [-0.25, -0.2) is 0 Å². The highest BCUT2D eigenvalue weighted by atomic mass is 16.4. The topological polar surface area (TPSA) is 57.6 Å². The van der Waals surface area contributed by atoms with Crippen molar-refractivity contribution in [1.29, 1.82) is 0 Å². The summed E-state index contributed by atoms with van der Waals surface area (Å²) in [4.78, 5) is 23.4. The molecule has 0 aliphatic carbocycles. The summed E-state index contributed by atoms with van der Waals surface area (Å²) in [5.74, 6) is -0.661. The van der Waals surface area contributed by atoms with Crippen LogP contribution < -0.4 is 0 Å². The van der Waals surface area contributed by atoms with Crippen LogP contribution in [0.2, 0.25) is 0 Å². The summed E-state index contributed by atoms with van der Waals surface area (Å²) >= 11 is 0. The summed E-state index contributed by atoms with van der Waals surface area (Å²) < 4.78 is 0. The lowest BCUT2D eigenvalue weighted by atomic mass is 9.77. The van der Waals surface area contributed by atoms with Crippen molar-refractivity contribution in [3.8, 4) is 0 Å². The molecule has 14 heavy (non-hydrogen) atoms. The van der Waals surface area contributed by atoms with E-state index >= 15 is 0 Å². The van der Waals surface area contributed by atoms with Gasteiger partial charge in [-0.2, -0.15) is 0 Å². The van der Waals surface area contributed by atoms with Crippen molar-refractivity contribution in [1.82, 2.24) is 4.90 Å². The van der Waals surface area contributed by atoms with Crippen LogP contribution in [0.5, 0.6) is 0 Å². The number of likely N-dealkylation sites (tertiary alicyclic amines) is 1. The van der Waals surface area contributed by atoms with Crippen LogP contribution in [0.25, 0.3) is 0 Å². The zero-order chi connectivity index (χ0) is 10.8. The van der Waals surface area contributed by atoms with Gasteiger partial charge in [-0.05, 0) is 18.3 Å². The molecule has 0 bridgehead atoms. The van der Waals surface area contributed by atoms with E-state index in [4.69, 9.17) is 5.11 Å². The van der Waals surface area contributed by atoms with Crippen molar-refractivity contribution in [2.24, 2.45) is 5.41 Å². The maximum absolute atomic E-state index is 11.0. The SMILES string of the molecule is CC(=O)N1CCC(C)(CC(=O)O)CC1. The van der Waals surface area contributed by atoms with E-state index in [1.165, 1.54) is 0 Å². The Hall–Kier alpha value is -1.06. The van der Waals surface area contributed by atoms with Gasteiger partial charge < -0.3 is 10.0 Å². The monoisotopic (exact) mass is 199 g/mol. The molecule has 1 aliphatic heterocycles. The molecule has 0 aromatic rings. The number of rotatable bonds is 2. The lowest BCUT2D eigenvalue weighted by Crippen LogP contribution is -2.41. The molecule has 1 amide bonds. The molecule has 1 aliphatic rings. The lowest BCUT2D eigenvalue weighted by molar-refractivity contribution is -0.140. The van der Waals surface area contributed by atoms with E-state index in [1.807, 2.05) is 6.92 Å². The summed E-state index contributed by atoms with van der Waals surface area (Å²) in [6.07, 6.45) is 1.79. The van der Waals surface area contributed by atoms with Gasteiger partial charge in [-0.3, -0.25) is 9.59 Å². The van der Waals surface area contributed by atoms with Gasteiger partial charge in [0.1, 0.15) is 0 Å². The number of carbonyl (C=O) groups is 2. The van der Waals surface area contributed by atoms with E-state index < -0.39 is 5.97 Å². The molecular weight excluding hydrogens is 182 g/mol. The summed E-state index contributed by atoms with van der Waals surface area (Å²) in [6.45, 7) is 4.93. The fraction of sp³-hybridized carbons (Fsp3) is 0.800. The molecule has 4 heteroatoms. The number of nitrogens with zero attached hydrogens (tertiary/aromatic N) is 1. The van der Waals surface area contributed by atoms with Gasteiger partial charge >= 0.3 is 5.97 Å². The Morgan fingerprint density at radius 1 is 1.36 bits per heavy atom. The third-order valence-electron chi connectivity index (χ3n) is 2.99. The van der Waals surface area contributed by atoms with E-state index in [0.29, 0.717) is 13.1 Å². The molecule has 1 fully saturated rings. The number of amides is 1. The average molecular weight is 199 g/mol. The molecule has 0 radical (unpaired) electrons. The molecule has 0 aromatic carbocycles. The van der Waals surface area contributed by atoms with Gasteiger partial charge in [0.25, 0.3) is 0 Å². The van der Waals surface area contributed by atoms with Crippen LogP contribution in [-0.4, -0.2) is 35.0 Å². The second-order valence-electron chi connectivity index (χ2n) is 4.39. The van der Waals surface area contributed by atoms with E-state index in [2.05, 4.69) is 0 Å². The molecule has 1 saturated heterocycles. The molecular formula is C10H17NO3. The average Bonchev–Trinajstić information content (AvgIpc) is 2.02. The van der Waals surface area contributed by atoms with Crippen molar-refractivity contribution >= 4 is 11.9 Å². The standard InChI is InChI=1S/C10H17NO3/c1-8(12)11-5-3-10(2,4-6-11)7-9(13)14/h3-7H2,1-2H3,(H,13,14). The molecule has 0 saturated carbocycles. The van der Waals surface area contributed by atoms with Gasteiger partial charge in [0.15, 0.2) is 0 Å². The van der Waals surface area contributed by atoms with Gasteiger partial charge in [0.2, 0.25) is 5.91 Å². The fourth-order valence-electron chi connectivity index (χ4n) is 1.90. The number of carboxylic acid groups (broad SMARTS) is 1. The Morgan fingerprint density at radius 2 is 1.86 bits per heavy atom. The van der Waals surface area contributed by atoms with Crippen LogP contribution in [0.1, 0.15) is 33.1 Å². The Morgan fingerprint density at radius 3 is 2.21 bits per heavy atom. The fourth-order valence-corrected chi connectivity index (χ4v) is 1.90. The summed E-state index contributed by atoms with van der Waals surface area (Å²) in [5.41, 5.74) is -0.127. The normalized spacial score (nSPS) is 20.6. The molecule has 80 valence electrons. The van der Waals surface area contributed by atoms with Crippen molar-refractivity contribution in [3.63, 3.8) is 0 Å². The van der Waals surface area contributed by atoms with Crippen molar-refractivity contribution in [2.75, 3.05) is 13.1 Å². The Kier molecular flexibility index (Phi) is 3.13. The van der Waals surface area contributed by atoms with Gasteiger partial charge in [-0.15, -0.1) is 0 Å². The molecule has 1 rings (SSSR count). The number of piperidine rings is 1. The number of carboxylic acids is 1. The second-order valence-corrected chi connectivity index (χ2v) is 4.39. The first kappa shape index (κ1) is 11.0. The number of aliphatic carboxylic acids is 1. The molecule has 0 aromatic heterocycles. The molecule has 1 N–H and O–H groups in total. The first-order valence-electron chi connectivity index (χ1n) is 4.90. The van der Waals surface area contributed by atoms with Gasteiger partial charge in [0, 0.05) is 20.0 Å².